The van der Waals surface area contributed by atoms with E-state index in [1.54, 1.807) is 12.1 Å². The summed E-state index contributed by atoms with van der Waals surface area (Å²) >= 11 is 0. The van der Waals surface area contributed by atoms with Crippen molar-refractivity contribution in [2.24, 2.45) is 0 Å². The topological polar surface area (TPSA) is 46.5 Å². The van der Waals surface area contributed by atoms with Crippen molar-refractivity contribution in [3.63, 3.8) is 0 Å². The lowest BCUT2D eigenvalue weighted by molar-refractivity contribution is -0.136. The Morgan fingerprint density at radius 2 is 1.83 bits per heavy atom. The van der Waals surface area contributed by atoms with Crippen LogP contribution in [0.25, 0.3) is 5.57 Å². The Labute approximate surface area is 139 Å². The summed E-state index contributed by atoms with van der Waals surface area (Å²) in [6.07, 6.45) is 2.39. The number of carbonyl (C=O) groups is 1. The van der Waals surface area contributed by atoms with Gasteiger partial charge in [-0.15, -0.1) is 0 Å². The minimum Gasteiger partial charge on any atom is -0.481 e. The van der Waals surface area contributed by atoms with Crippen LogP contribution in [0.15, 0.2) is 30.3 Å². The van der Waals surface area contributed by atoms with Crippen molar-refractivity contribution in [2.45, 2.75) is 51.7 Å². The molecule has 0 aliphatic heterocycles. The molecule has 1 N–H and O–H groups in total. The van der Waals surface area contributed by atoms with Crippen molar-refractivity contribution < 1.29 is 18.7 Å². The smallest absolute Gasteiger partial charge is 0.303 e. The molecule has 0 aliphatic carbocycles. The Morgan fingerprint density at radius 1 is 1.26 bits per heavy atom. The number of halogens is 1. The van der Waals surface area contributed by atoms with Crippen LogP contribution in [0.1, 0.15) is 39.2 Å². The first-order chi connectivity index (χ1) is 10.5. The van der Waals surface area contributed by atoms with Crippen LogP contribution < -0.4 is 0 Å². The minimum atomic E-state index is -1.90. The molecule has 128 valence electrons. The summed E-state index contributed by atoms with van der Waals surface area (Å²) in [5.41, 5.74) is 1.78. The third kappa shape index (κ3) is 6.27. The molecule has 0 amide bonds. The lowest BCUT2D eigenvalue weighted by Crippen LogP contribution is -2.41. The maximum atomic E-state index is 13.1. The average Bonchev–Trinajstić information content (AvgIpc) is 2.42. The molecule has 0 saturated heterocycles. The van der Waals surface area contributed by atoms with Gasteiger partial charge >= 0.3 is 5.97 Å². The molecular weight excluding hydrogens is 311 g/mol. The summed E-state index contributed by atoms with van der Waals surface area (Å²) in [5.74, 6) is -1.12. The van der Waals surface area contributed by atoms with Crippen LogP contribution in [-0.4, -0.2) is 26.0 Å². The third-order valence-corrected chi connectivity index (χ3v) is 8.84. The number of hydrogen-bond donors (Lipinski definition) is 1. The summed E-state index contributed by atoms with van der Waals surface area (Å²) in [4.78, 5) is 10.7. The molecule has 0 radical (unpaired) electrons. The van der Waals surface area contributed by atoms with E-state index in [9.17, 15) is 9.18 Å². The largest absolute Gasteiger partial charge is 0.481 e. The van der Waals surface area contributed by atoms with E-state index in [0.717, 1.165) is 11.1 Å². The van der Waals surface area contributed by atoms with Gasteiger partial charge in [0.25, 0.3) is 0 Å². The first-order valence-corrected chi connectivity index (χ1v) is 10.7. The first-order valence-electron chi connectivity index (χ1n) is 7.83. The molecule has 0 fully saturated rings. The molecule has 5 heteroatoms. The standard InChI is InChI=1S/C18H27FO3Si/c1-18(2,3)23(4,5)22-13-15(7-6-8-17(20)21)14-9-11-16(19)12-10-14/h7,9-12H,6,8,13H2,1-5H3,(H,20,21)/b15-7+. The van der Waals surface area contributed by atoms with E-state index in [1.807, 2.05) is 6.08 Å². The summed E-state index contributed by atoms with van der Waals surface area (Å²) in [7, 11) is -1.90. The molecule has 0 aliphatic rings. The number of hydrogen-bond acceptors (Lipinski definition) is 2. The Morgan fingerprint density at radius 3 is 2.30 bits per heavy atom. The summed E-state index contributed by atoms with van der Waals surface area (Å²) in [6.45, 7) is 11.3. The Balaban J connectivity index is 2.92. The van der Waals surface area contributed by atoms with Gasteiger partial charge in [-0.05, 0) is 47.8 Å². The molecule has 0 bridgehead atoms. The van der Waals surface area contributed by atoms with E-state index >= 15 is 0 Å². The Kier molecular flexibility index (Phi) is 6.71. The maximum Gasteiger partial charge on any atom is 0.303 e. The van der Waals surface area contributed by atoms with Gasteiger partial charge in [0.1, 0.15) is 5.82 Å². The number of carboxylic acids is 1. The number of allylic oxidation sites excluding steroid dienone is 1. The predicted octanol–water partition coefficient (Wildman–Crippen LogP) is 5.10. The normalized spacial score (nSPS) is 13.2. The number of carboxylic acid groups (broad SMARTS) is 1. The zero-order valence-electron chi connectivity index (χ0n) is 14.6. The van der Waals surface area contributed by atoms with Gasteiger partial charge in [-0.2, -0.15) is 0 Å². The lowest BCUT2D eigenvalue weighted by Gasteiger charge is -2.36. The quantitative estimate of drug-likeness (QED) is 0.704. The van der Waals surface area contributed by atoms with Crippen LogP contribution in [0.5, 0.6) is 0 Å². The first kappa shape index (κ1) is 19.6. The van der Waals surface area contributed by atoms with Crippen molar-refractivity contribution in [1.29, 1.82) is 0 Å². The van der Waals surface area contributed by atoms with Crippen LogP contribution >= 0.6 is 0 Å². The van der Waals surface area contributed by atoms with Gasteiger partial charge in [0.05, 0.1) is 6.61 Å². The molecule has 3 nitrogen and oxygen atoms in total. The molecular formula is C18H27FO3Si. The second-order valence-electron chi connectivity index (χ2n) is 7.22. The fraction of sp³-hybridized carbons (Fsp3) is 0.500. The highest BCUT2D eigenvalue weighted by Gasteiger charge is 2.37. The van der Waals surface area contributed by atoms with E-state index in [4.69, 9.17) is 9.53 Å². The Bertz CT molecular complexity index is 557. The SMILES string of the molecule is CC(C)(C)[Si](C)(C)OC/C(=C\CCC(=O)O)c1ccc(F)cc1. The monoisotopic (exact) mass is 338 g/mol. The Hall–Kier alpha value is -1.46. The fourth-order valence-corrected chi connectivity index (χ4v) is 2.72. The zero-order chi connectivity index (χ0) is 17.7. The van der Waals surface area contributed by atoms with E-state index in [2.05, 4.69) is 33.9 Å². The van der Waals surface area contributed by atoms with Crippen molar-refractivity contribution in [1.82, 2.24) is 0 Å². The molecule has 0 atom stereocenters. The van der Waals surface area contributed by atoms with Crippen molar-refractivity contribution in [3.8, 4) is 0 Å². The van der Waals surface area contributed by atoms with Gasteiger partial charge in [0.2, 0.25) is 0 Å². The van der Waals surface area contributed by atoms with E-state index in [1.165, 1.54) is 12.1 Å². The van der Waals surface area contributed by atoms with Crippen LogP contribution in [0.4, 0.5) is 4.39 Å². The summed E-state index contributed by atoms with van der Waals surface area (Å²) < 4.78 is 19.3. The summed E-state index contributed by atoms with van der Waals surface area (Å²) in [6, 6.07) is 6.23. The molecule has 23 heavy (non-hydrogen) atoms. The van der Waals surface area contributed by atoms with Gasteiger partial charge in [0.15, 0.2) is 8.32 Å². The van der Waals surface area contributed by atoms with E-state index in [-0.39, 0.29) is 17.3 Å². The molecule has 1 rings (SSSR count). The number of benzene rings is 1. The number of aliphatic carboxylic acids is 1. The third-order valence-electron chi connectivity index (χ3n) is 4.36. The highest BCUT2D eigenvalue weighted by molar-refractivity contribution is 6.74. The molecule has 0 saturated carbocycles. The average molecular weight is 338 g/mol. The van der Waals surface area contributed by atoms with Crippen LogP contribution in [0, 0.1) is 5.82 Å². The van der Waals surface area contributed by atoms with Crippen molar-refractivity contribution in [3.05, 3.63) is 41.7 Å². The molecule has 0 unspecified atom stereocenters. The van der Waals surface area contributed by atoms with Gasteiger partial charge in [-0.25, -0.2) is 4.39 Å². The zero-order valence-corrected chi connectivity index (χ0v) is 15.6. The van der Waals surface area contributed by atoms with Crippen LogP contribution in [-0.2, 0) is 9.22 Å². The van der Waals surface area contributed by atoms with Gasteiger partial charge in [0, 0.05) is 6.42 Å². The van der Waals surface area contributed by atoms with Crippen LogP contribution in [0.3, 0.4) is 0 Å². The maximum absolute atomic E-state index is 13.1. The minimum absolute atomic E-state index is 0.0742. The van der Waals surface area contributed by atoms with Crippen LogP contribution in [0.2, 0.25) is 18.1 Å². The second-order valence-corrected chi connectivity index (χ2v) is 12.0. The predicted molar refractivity (Wildman–Crippen MR) is 94.4 cm³/mol. The van der Waals surface area contributed by atoms with Gasteiger partial charge in [-0.1, -0.05) is 39.0 Å². The van der Waals surface area contributed by atoms with Gasteiger partial charge in [-0.3, -0.25) is 4.79 Å². The molecule has 1 aromatic rings. The van der Waals surface area contributed by atoms with Crippen molar-refractivity contribution in [2.75, 3.05) is 6.61 Å². The van der Waals surface area contributed by atoms with E-state index in [0.29, 0.717) is 13.0 Å². The second kappa shape index (κ2) is 7.88. The molecule has 0 aromatic heterocycles. The molecule has 1 aromatic carbocycles. The van der Waals surface area contributed by atoms with E-state index < -0.39 is 14.3 Å². The fourth-order valence-electron chi connectivity index (χ4n) is 1.77. The molecule has 0 spiro atoms. The van der Waals surface area contributed by atoms with Crippen molar-refractivity contribution >= 4 is 19.9 Å². The van der Waals surface area contributed by atoms with Gasteiger partial charge < -0.3 is 9.53 Å². The highest BCUT2D eigenvalue weighted by atomic mass is 28.4. The summed E-state index contributed by atoms with van der Waals surface area (Å²) in [5, 5.41) is 8.90. The number of rotatable bonds is 7. The highest BCUT2D eigenvalue weighted by Crippen LogP contribution is 2.37. The lowest BCUT2D eigenvalue weighted by atomic mass is 10.0. The molecule has 0 heterocycles.